The van der Waals surface area contributed by atoms with Gasteiger partial charge in [-0.25, -0.2) is 8.42 Å². The number of piperazine rings is 1. The van der Waals surface area contributed by atoms with Gasteiger partial charge in [-0.1, -0.05) is 0 Å². The number of carbonyl (C=O) groups is 1. The number of rotatable bonds is 5. The smallest absolute Gasteiger partial charge is 0.254 e. The number of carbonyl (C=O) groups excluding carboxylic acids is 1. The Balaban J connectivity index is 2.46. The molecule has 1 aliphatic rings. The molecule has 1 saturated heterocycles. The van der Waals surface area contributed by atoms with Gasteiger partial charge in [0.05, 0.1) is 26.2 Å². The van der Waals surface area contributed by atoms with Crippen LogP contribution in [0.2, 0.25) is 0 Å². The van der Waals surface area contributed by atoms with Gasteiger partial charge in [-0.2, -0.15) is 0 Å². The van der Waals surface area contributed by atoms with E-state index in [1.807, 2.05) is 13.8 Å². The molecule has 8 nitrogen and oxygen atoms in total. The van der Waals surface area contributed by atoms with Crippen molar-refractivity contribution >= 4 is 21.6 Å². The molecule has 1 aliphatic heterocycles. The van der Waals surface area contributed by atoms with Crippen LogP contribution in [0, 0.1) is 0 Å². The van der Waals surface area contributed by atoms with Crippen molar-refractivity contribution in [2.75, 3.05) is 38.3 Å². The SMILES string of the molecule is COc1cc(C(=O)N2CCNC(C)C2C)cc(NS(C)(=O)=O)c1OC. The van der Waals surface area contributed by atoms with Crippen LogP contribution in [-0.2, 0) is 10.0 Å². The number of hydrogen-bond acceptors (Lipinski definition) is 6. The third-order valence-electron chi connectivity index (χ3n) is 4.32. The molecule has 9 heteroatoms. The zero-order valence-corrected chi connectivity index (χ0v) is 15.9. The Hall–Kier alpha value is -2.00. The molecule has 2 unspecified atom stereocenters. The van der Waals surface area contributed by atoms with E-state index < -0.39 is 10.0 Å². The van der Waals surface area contributed by atoms with Crippen molar-refractivity contribution in [3.8, 4) is 11.5 Å². The minimum Gasteiger partial charge on any atom is -0.493 e. The summed E-state index contributed by atoms with van der Waals surface area (Å²) in [6.07, 6.45) is 1.04. The van der Waals surface area contributed by atoms with Crippen LogP contribution in [0.15, 0.2) is 12.1 Å². The largest absolute Gasteiger partial charge is 0.493 e. The molecule has 1 aromatic rings. The second-order valence-electron chi connectivity index (χ2n) is 6.12. The van der Waals surface area contributed by atoms with Gasteiger partial charge in [-0.3, -0.25) is 9.52 Å². The number of nitrogens with zero attached hydrogens (tertiary/aromatic N) is 1. The third-order valence-corrected chi connectivity index (χ3v) is 4.91. The van der Waals surface area contributed by atoms with E-state index in [0.717, 1.165) is 6.26 Å². The van der Waals surface area contributed by atoms with Gasteiger partial charge in [0.15, 0.2) is 11.5 Å². The normalized spacial score (nSPS) is 20.9. The van der Waals surface area contributed by atoms with Crippen LogP contribution >= 0.6 is 0 Å². The molecule has 0 saturated carbocycles. The molecular formula is C16H25N3O5S. The van der Waals surface area contributed by atoms with Crippen LogP contribution in [-0.4, -0.2) is 64.9 Å². The molecule has 2 atom stereocenters. The van der Waals surface area contributed by atoms with Crippen LogP contribution in [0.5, 0.6) is 11.5 Å². The Morgan fingerprint density at radius 3 is 2.52 bits per heavy atom. The first-order valence-electron chi connectivity index (χ1n) is 7.96. The Morgan fingerprint density at radius 2 is 1.96 bits per heavy atom. The molecule has 25 heavy (non-hydrogen) atoms. The molecule has 1 heterocycles. The summed E-state index contributed by atoms with van der Waals surface area (Å²) in [6.45, 7) is 5.28. The molecule has 1 aromatic carbocycles. The summed E-state index contributed by atoms with van der Waals surface area (Å²) in [6, 6.07) is 3.23. The van der Waals surface area contributed by atoms with Crippen molar-refractivity contribution in [1.82, 2.24) is 10.2 Å². The molecule has 0 aliphatic carbocycles. The summed E-state index contributed by atoms with van der Waals surface area (Å²) in [4.78, 5) is 14.7. The van der Waals surface area contributed by atoms with Gasteiger partial charge in [0.2, 0.25) is 10.0 Å². The average molecular weight is 371 g/mol. The lowest BCUT2D eigenvalue weighted by Gasteiger charge is -2.38. The van der Waals surface area contributed by atoms with Crippen molar-refractivity contribution in [3.05, 3.63) is 17.7 Å². The van der Waals surface area contributed by atoms with Gasteiger partial charge < -0.3 is 19.7 Å². The molecule has 140 valence electrons. The lowest BCUT2D eigenvalue weighted by atomic mass is 10.0. The Labute approximate surface area is 148 Å². The predicted octanol–water partition coefficient (Wildman–Crippen LogP) is 0.898. The highest BCUT2D eigenvalue weighted by molar-refractivity contribution is 7.92. The first kappa shape index (κ1) is 19.3. The summed E-state index contributed by atoms with van der Waals surface area (Å²) in [5.41, 5.74) is 0.508. The summed E-state index contributed by atoms with van der Waals surface area (Å²) in [5.74, 6) is 0.333. The number of benzene rings is 1. The topological polar surface area (TPSA) is 97.0 Å². The number of methoxy groups -OCH3 is 2. The van der Waals surface area contributed by atoms with E-state index in [0.29, 0.717) is 18.7 Å². The predicted molar refractivity (Wildman–Crippen MR) is 96.0 cm³/mol. The number of anilines is 1. The number of ether oxygens (including phenoxy) is 2. The van der Waals surface area contributed by atoms with E-state index in [1.165, 1.54) is 20.3 Å². The quantitative estimate of drug-likeness (QED) is 0.798. The van der Waals surface area contributed by atoms with Crippen molar-refractivity contribution in [2.45, 2.75) is 25.9 Å². The highest BCUT2D eigenvalue weighted by atomic mass is 32.2. The fraction of sp³-hybridized carbons (Fsp3) is 0.562. The zero-order valence-electron chi connectivity index (χ0n) is 15.1. The second kappa shape index (κ2) is 7.49. The number of hydrogen-bond donors (Lipinski definition) is 2. The zero-order chi connectivity index (χ0) is 18.8. The van der Waals surface area contributed by atoms with Crippen LogP contribution in [0.4, 0.5) is 5.69 Å². The Morgan fingerprint density at radius 1 is 1.28 bits per heavy atom. The van der Waals surface area contributed by atoms with Crippen molar-refractivity contribution < 1.29 is 22.7 Å². The van der Waals surface area contributed by atoms with Gasteiger partial charge >= 0.3 is 0 Å². The molecule has 1 fully saturated rings. The summed E-state index contributed by atoms with van der Waals surface area (Å²) in [5, 5.41) is 3.32. The van der Waals surface area contributed by atoms with Gasteiger partial charge in [-0.05, 0) is 26.0 Å². The molecule has 2 rings (SSSR count). The molecule has 0 radical (unpaired) electrons. The molecule has 0 spiro atoms. The lowest BCUT2D eigenvalue weighted by molar-refractivity contribution is 0.0602. The highest BCUT2D eigenvalue weighted by Gasteiger charge is 2.30. The van der Waals surface area contributed by atoms with Gasteiger partial charge in [-0.15, -0.1) is 0 Å². The number of nitrogens with one attached hydrogen (secondary N) is 2. The van der Waals surface area contributed by atoms with Crippen molar-refractivity contribution in [3.63, 3.8) is 0 Å². The van der Waals surface area contributed by atoms with Crippen LogP contribution < -0.4 is 19.5 Å². The maximum absolute atomic E-state index is 13.0. The Bertz CT molecular complexity index is 750. The molecule has 0 bridgehead atoms. The van der Waals surface area contributed by atoms with Crippen LogP contribution in [0.1, 0.15) is 24.2 Å². The minimum atomic E-state index is -3.54. The first-order chi connectivity index (χ1) is 11.7. The van der Waals surface area contributed by atoms with Crippen molar-refractivity contribution in [1.29, 1.82) is 0 Å². The average Bonchev–Trinajstić information content (AvgIpc) is 2.54. The van der Waals surface area contributed by atoms with Crippen LogP contribution in [0.25, 0.3) is 0 Å². The van der Waals surface area contributed by atoms with E-state index in [1.54, 1.807) is 11.0 Å². The number of sulfonamides is 1. The lowest BCUT2D eigenvalue weighted by Crippen LogP contribution is -2.57. The second-order valence-corrected chi connectivity index (χ2v) is 7.86. The van der Waals surface area contributed by atoms with E-state index in [4.69, 9.17) is 9.47 Å². The van der Waals surface area contributed by atoms with E-state index in [-0.39, 0.29) is 35.2 Å². The van der Waals surface area contributed by atoms with Gasteiger partial charge in [0.1, 0.15) is 0 Å². The van der Waals surface area contributed by atoms with E-state index in [9.17, 15) is 13.2 Å². The maximum Gasteiger partial charge on any atom is 0.254 e. The standard InChI is InChI=1S/C16H25N3O5S/c1-10-11(2)19(7-6-17-10)16(20)12-8-13(18-25(5,21)22)15(24-4)14(9-12)23-3/h8-11,17-18H,6-7H2,1-5H3. The first-order valence-corrected chi connectivity index (χ1v) is 9.85. The molecule has 2 N–H and O–H groups in total. The van der Waals surface area contributed by atoms with Gasteiger partial charge in [0.25, 0.3) is 5.91 Å². The maximum atomic E-state index is 13.0. The van der Waals surface area contributed by atoms with Crippen LogP contribution in [0.3, 0.4) is 0 Å². The minimum absolute atomic E-state index is 0.0145. The summed E-state index contributed by atoms with van der Waals surface area (Å²) < 4.78 is 36.2. The fourth-order valence-electron chi connectivity index (χ4n) is 2.87. The van der Waals surface area contributed by atoms with Crippen molar-refractivity contribution in [2.24, 2.45) is 0 Å². The summed E-state index contributed by atoms with van der Waals surface area (Å²) >= 11 is 0. The Kier molecular flexibility index (Phi) is 5.79. The third kappa shape index (κ3) is 4.35. The molecular weight excluding hydrogens is 346 g/mol. The molecule has 0 aromatic heterocycles. The van der Waals surface area contributed by atoms with Gasteiger partial charge in [0, 0.05) is 30.7 Å². The highest BCUT2D eigenvalue weighted by Crippen LogP contribution is 2.37. The fourth-order valence-corrected chi connectivity index (χ4v) is 3.42. The molecule has 1 amide bonds. The summed E-state index contributed by atoms with van der Waals surface area (Å²) in [7, 11) is -0.696. The number of amides is 1. The van der Waals surface area contributed by atoms with E-state index >= 15 is 0 Å². The van der Waals surface area contributed by atoms with E-state index in [2.05, 4.69) is 10.0 Å². The monoisotopic (exact) mass is 371 g/mol.